The van der Waals surface area contributed by atoms with Crippen LogP contribution in [0.5, 0.6) is 0 Å². The summed E-state index contributed by atoms with van der Waals surface area (Å²) in [5.41, 5.74) is 1.08. The third-order valence-electron chi connectivity index (χ3n) is 4.15. The van der Waals surface area contributed by atoms with Crippen LogP contribution in [0.25, 0.3) is 0 Å². The van der Waals surface area contributed by atoms with Crippen molar-refractivity contribution in [2.24, 2.45) is 0 Å². The highest BCUT2D eigenvalue weighted by molar-refractivity contribution is 5.93. The van der Waals surface area contributed by atoms with E-state index in [1.165, 1.54) is 4.90 Å². The number of nitrogens with zero attached hydrogens (tertiary/aromatic N) is 1. The van der Waals surface area contributed by atoms with Gasteiger partial charge in [0.05, 0.1) is 6.04 Å². The first-order valence-electron chi connectivity index (χ1n) is 8.24. The summed E-state index contributed by atoms with van der Waals surface area (Å²) in [4.78, 5) is 25.6. The summed E-state index contributed by atoms with van der Waals surface area (Å²) in [7, 11) is 3.18. The van der Waals surface area contributed by atoms with Gasteiger partial charge in [-0.3, -0.25) is 4.79 Å². The van der Waals surface area contributed by atoms with Crippen LogP contribution in [0.4, 0.5) is 4.79 Å². The number of rotatable bonds is 9. The normalized spacial score (nSPS) is 17.4. The Morgan fingerprint density at radius 2 is 1.96 bits per heavy atom. The molecule has 132 valence electrons. The van der Waals surface area contributed by atoms with Crippen LogP contribution in [0.15, 0.2) is 30.3 Å². The van der Waals surface area contributed by atoms with Crippen molar-refractivity contribution in [2.75, 3.05) is 20.8 Å². The van der Waals surface area contributed by atoms with Crippen molar-refractivity contribution in [3.63, 3.8) is 0 Å². The Hall–Kier alpha value is -1.92. The molecular weight excluding hydrogens is 310 g/mol. The van der Waals surface area contributed by atoms with E-state index in [9.17, 15) is 9.59 Å². The first kappa shape index (κ1) is 18.4. The maximum absolute atomic E-state index is 12.4. The number of cyclic esters (lactones) is 1. The highest BCUT2D eigenvalue weighted by atomic mass is 16.7. The average Bonchev–Trinajstić information content (AvgIpc) is 2.96. The van der Waals surface area contributed by atoms with Crippen molar-refractivity contribution in [3.8, 4) is 0 Å². The number of hydrogen-bond acceptors (Lipinski definition) is 5. The van der Waals surface area contributed by atoms with Crippen LogP contribution in [-0.4, -0.2) is 50.1 Å². The largest absolute Gasteiger partial charge is 0.447 e. The standard InChI is InChI=1S/C18H25NO5/c1-22-17(23-2)11-7-6-10-16(20)19-15(13-24-18(19)21)12-14-8-4-3-5-9-14/h3-5,8-9,15,17H,6-7,10-13H2,1-2H3/t15-/m0/s1. The average molecular weight is 335 g/mol. The number of unbranched alkanes of at least 4 members (excludes halogenated alkanes) is 1. The van der Waals surface area contributed by atoms with Crippen molar-refractivity contribution in [2.45, 2.75) is 44.4 Å². The molecule has 0 saturated carbocycles. The van der Waals surface area contributed by atoms with Crippen LogP contribution in [-0.2, 0) is 25.4 Å². The Morgan fingerprint density at radius 1 is 1.25 bits per heavy atom. The lowest BCUT2D eigenvalue weighted by Crippen LogP contribution is -2.40. The lowest BCUT2D eigenvalue weighted by molar-refractivity contribution is -0.129. The number of benzene rings is 1. The number of amides is 2. The molecule has 1 heterocycles. The van der Waals surface area contributed by atoms with E-state index in [1.54, 1.807) is 14.2 Å². The third kappa shape index (κ3) is 5.04. The fourth-order valence-corrected chi connectivity index (χ4v) is 2.84. The molecule has 1 fully saturated rings. The maximum atomic E-state index is 12.4. The van der Waals surface area contributed by atoms with Gasteiger partial charge in [-0.05, 0) is 31.2 Å². The van der Waals surface area contributed by atoms with Crippen molar-refractivity contribution in [3.05, 3.63) is 35.9 Å². The second kappa shape index (κ2) is 9.39. The van der Waals surface area contributed by atoms with Gasteiger partial charge in [0.1, 0.15) is 6.61 Å². The van der Waals surface area contributed by atoms with E-state index in [4.69, 9.17) is 14.2 Å². The Labute approximate surface area is 142 Å². The molecule has 0 spiro atoms. The predicted molar refractivity (Wildman–Crippen MR) is 88.4 cm³/mol. The Morgan fingerprint density at radius 3 is 2.62 bits per heavy atom. The lowest BCUT2D eigenvalue weighted by atomic mass is 10.1. The lowest BCUT2D eigenvalue weighted by Gasteiger charge is -2.20. The summed E-state index contributed by atoms with van der Waals surface area (Å²) in [5.74, 6) is -0.176. The smallest absolute Gasteiger partial charge is 0.416 e. The first-order chi connectivity index (χ1) is 11.7. The molecule has 0 radical (unpaired) electrons. The summed E-state index contributed by atoms with van der Waals surface area (Å²) in [6.45, 7) is 0.259. The minimum Gasteiger partial charge on any atom is -0.447 e. The van der Waals surface area contributed by atoms with E-state index in [1.807, 2.05) is 30.3 Å². The van der Waals surface area contributed by atoms with E-state index in [2.05, 4.69) is 0 Å². The Kier molecular flexibility index (Phi) is 7.21. The van der Waals surface area contributed by atoms with E-state index in [0.717, 1.165) is 18.4 Å². The molecule has 0 aromatic heterocycles. The fourth-order valence-electron chi connectivity index (χ4n) is 2.84. The van der Waals surface area contributed by atoms with Crippen LogP contribution in [0.3, 0.4) is 0 Å². The summed E-state index contributed by atoms with van der Waals surface area (Å²) < 4.78 is 15.3. The molecule has 6 heteroatoms. The minimum atomic E-state index is -0.535. The van der Waals surface area contributed by atoms with E-state index >= 15 is 0 Å². The summed E-state index contributed by atoms with van der Waals surface area (Å²) in [5, 5.41) is 0. The van der Waals surface area contributed by atoms with Gasteiger partial charge in [0.2, 0.25) is 5.91 Å². The molecule has 6 nitrogen and oxygen atoms in total. The van der Waals surface area contributed by atoms with Gasteiger partial charge in [-0.1, -0.05) is 30.3 Å². The van der Waals surface area contributed by atoms with E-state index in [0.29, 0.717) is 19.3 Å². The molecule has 0 N–H and O–H groups in total. The van der Waals surface area contributed by atoms with E-state index in [-0.39, 0.29) is 24.8 Å². The summed E-state index contributed by atoms with van der Waals surface area (Å²) in [6, 6.07) is 9.58. The topological polar surface area (TPSA) is 65.1 Å². The minimum absolute atomic E-state index is 0.176. The second-order valence-corrected chi connectivity index (χ2v) is 5.83. The number of carbonyl (C=O) groups is 2. The van der Waals surface area contributed by atoms with Gasteiger partial charge >= 0.3 is 6.09 Å². The van der Waals surface area contributed by atoms with Crippen molar-refractivity contribution in [1.29, 1.82) is 0 Å². The van der Waals surface area contributed by atoms with Crippen LogP contribution in [0, 0.1) is 0 Å². The molecule has 0 unspecified atom stereocenters. The molecule has 1 aliphatic heterocycles. The van der Waals surface area contributed by atoms with Gasteiger partial charge in [0.25, 0.3) is 0 Å². The Bertz CT molecular complexity index is 529. The summed E-state index contributed by atoms with van der Waals surface area (Å²) in [6.07, 6.45) is 2.36. The molecule has 0 bridgehead atoms. The van der Waals surface area contributed by atoms with Crippen molar-refractivity contribution < 1.29 is 23.8 Å². The maximum Gasteiger partial charge on any atom is 0.416 e. The third-order valence-corrected chi connectivity index (χ3v) is 4.15. The van der Waals surface area contributed by atoms with Crippen LogP contribution < -0.4 is 0 Å². The monoisotopic (exact) mass is 335 g/mol. The van der Waals surface area contributed by atoms with Gasteiger partial charge in [-0.25, -0.2) is 9.69 Å². The van der Waals surface area contributed by atoms with E-state index < -0.39 is 6.09 Å². The highest BCUT2D eigenvalue weighted by Crippen LogP contribution is 2.19. The SMILES string of the molecule is COC(CCCCC(=O)N1C(=O)OC[C@@H]1Cc1ccccc1)OC. The number of methoxy groups -OCH3 is 2. The van der Waals surface area contributed by atoms with Gasteiger partial charge in [0, 0.05) is 20.6 Å². The number of imide groups is 1. The molecule has 24 heavy (non-hydrogen) atoms. The van der Waals surface area contributed by atoms with Gasteiger partial charge in [-0.15, -0.1) is 0 Å². The fraction of sp³-hybridized carbons (Fsp3) is 0.556. The molecule has 1 aromatic rings. The molecule has 1 atom stereocenters. The van der Waals surface area contributed by atoms with Crippen LogP contribution in [0.2, 0.25) is 0 Å². The molecule has 2 amide bonds. The summed E-state index contributed by atoms with van der Waals surface area (Å²) >= 11 is 0. The zero-order valence-electron chi connectivity index (χ0n) is 14.3. The quantitative estimate of drug-likeness (QED) is 0.513. The zero-order chi connectivity index (χ0) is 17.4. The van der Waals surface area contributed by atoms with Gasteiger partial charge < -0.3 is 14.2 Å². The van der Waals surface area contributed by atoms with Crippen LogP contribution >= 0.6 is 0 Å². The first-order valence-corrected chi connectivity index (χ1v) is 8.24. The van der Waals surface area contributed by atoms with Crippen molar-refractivity contribution >= 4 is 12.0 Å². The molecule has 0 aliphatic carbocycles. The zero-order valence-corrected chi connectivity index (χ0v) is 14.3. The molecular formula is C18H25NO5. The molecule has 1 aliphatic rings. The predicted octanol–water partition coefficient (Wildman–Crippen LogP) is 2.76. The molecule has 1 saturated heterocycles. The highest BCUT2D eigenvalue weighted by Gasteiger charge is 2.37. The number of carbonyl (C=O) groups excluding carboxylic acids is 2. The number of ether oxygens (including phenoxy) is 3. The van der Waals surface area contributed by atoms with Crippen molar-refractivity contribution in [1.82, 2.24) is 4.90 Å². The van der Waals surface area contributed by atoms with Crippen LogP contribution in [0.1, 0.15) is 31.2 Å². The molecule has 2 rings (SSSR count). The number of hydrogen-bond donors (Lipinski definition) is 0. The molecule has 1 aromatic carbocycles. The van der Waals surface area contributed by atoms with Gasteiger partial charge in [-0.2, -0.15) is 0 Å². The Balaban J connectivity index is 1.83. The second-order valence-electron chi connectivity index (χ2n) is 5.83. The van der Waals surface area contributed by atoms with Gasteiger partial charge in [0.15, 0.2) is 6.29 Å².